The van der Waals surface area contributed by atoms with E-state index in [1.165, 1.54) is 11.3 Å². The Hall–Kier alpha value is -1.20. The average molecular weight is 304 g/mol. The van der Waals surface area contributed by atoms with Crippen LogP contribution in [0.1, 0.15) is 56.4 Å². The predicted octanol–water partition coefficient (Wildman–Crippen LogP) is 3.50. The number of nitrogens with zero attached hydrogens (tertiary/aromatic N) is 3. The van der Waals surface area contributed by atoms with Crippen LogP contribution >= 0.6 is 11.3 Å². The molecule has 5 heteroatoms. The van der Waals surface area contributed by atoms with Gasteiger partial charge in [-0.1, -0.05) is 39.0 Å². The third-order valence-corrected chi connectivity index (χ3v) is 5.04. The lowest BCUT2D eigenvalue weighted by molar-refractivity contribution is 0.278. The fraction of sp³-hybridized carbons (Fsp3) is 0.625. The molecule has 2 N–H and O–H groups in total. The third-order valence-electron chi connectivity index (χ3n) is 4.09. The van der Waals surface area contributed by atoms with Crippen molar-refractivity contribution in [2.24, 2.45) is 17.1 Å². The molecule has 4 nitrogen and oxygen atoms in total. The largest absolute Gasteiger partial charge is 0.324 e. The predicted molar refractivity (Wildman–Crippen MR) is 86.8 cm³/mol. The van der Waals surface area contributed by atoms with Crippen molar-refractivity contribution in [3.8, 4) is 5.13 Å². The van der Waals surface area contributed by atoms with E-state index in [9.17, 15) is 0 Å². The highest BCUT2D eigenvalue weighted by Crippen LogP contribution is 2.41. The third kappa shape index (κ3) is 2.90. The summed E-state index contributed by atoms with van der Waals surface area (Å²) in [7, 11) is 0. The van der Waals surface area contributed by atoms with Gasteiger partial charge in [0.1, 0.15) is 5.01 Å². The molecular formula is C16H24N4S. The van der Waals surface area contributed by atoms with E-state index in [2.05, 4.69) is 54.7 Å². The first-order chi connectivity index (χ1) is 9.85. The van der Waals surface area contributed by atoms with Gasteiger partial charge in [-0.25, -0.2) is 0 Å². The van der Waals surface area contributed by atoms with Crippen molar-refractivity contribution in [3.63, 3.8) is 0 Å². The average Bonchev–Trinajstić information content (AvgIpc) is 2.93. The summed E-state index contributed by atoms with van der Waals surface area (Å²) < 4.78 is 2.19. The highest BCUT2D eigenvalue weighted by Gasteiger charge is 2.33. The molecule has 3 rings (SSSR count). The van der Waals surface area contributed by atoms with E-state index >= 15 is 0 Å². The van der Waals surface area contributed by atoms with Crippen LogP contribution in [0.5, 0.6) is 0 Å². The lowest BCUT2D eigenvalue weighted by Crippen LogP contribution is -2.30. The highest BCUT2D eigenvalue weighted by molar-refractivity contribution is 7.13. The first-order valence-corrected chi connectivity index (χ1v) is 8.46. The van der Waals surface area contributed by atoms with Crippen molar-refractivity contribution in [1.82, 2.24) is 14.8 Å². The van der Waals surface area contributed by atoms with E-state index in [1.807, 2.05) is 0 Å². The zero-order chi connectivity index (χ0) is 15.2. The maximum Gasteiger partial charge on any atom is 0.216 e. The van der Waals surface area contributed by atoms with Gasteiger partial charge in [0, 0.05) is 24.4 Å². The summed E-state index contributed by atoms with van der Waals surface area (Å²) >= 11 is 1.69. The number of aromatic nitrogens is 3. The van der Waals surface area contributed by atoms with E-state index in [0.29, 0.717) is 5.92 Å². The van der Waals surface area contributed by atoms with E-state index in [4.69, 9.17) is 5.73 Å². The lowest BCUT2D eigenvalue weighted by Gasteiger charge is -2.34. The number of hydrogen-bond acceptors (Lipinski definition) is 4. The van der Waals surface area contributed by atoms with Gasteiger partial charge < -0.3 is 5.73 Å². The van der Waals surface area contributed by atoms with Crippen molar-refractivity contribution < 1.29 is 0 Å². The number of hydrogen-bond donors (Lipinski definition) is 1. The van der Waals surface area contributed by atoms with Crippen molar-refractivity contribution in [1.29, 1.82) is 0 Å². The second-order valence-electron chi connectivity index (χ2n) is 7.32. The molecule has 1 unspecified atom stereocenters. The van der Waals surface area contributed by atoms with Gasteiger partial charge in [0.25, 0.3) is 0 Å². The smallest absolute Gasteiger partial charge is 0.216 e. The second-order valence-corrected chi connectivity index (χ2v) is 8.36. The van der Waals surface area contributed by atoms with Crippen molar-refractivity contribution >= 4 is 11.3 Å². The topological polar surface area (TPSA) is 56.7 Å². The van der Waals surface area contributed by atoms with E-state index in [1.54, 1.807) is 11.3 Å². The van der Waals surface area contributed by atoms with Crippen LogP contribution < -0.4 is 5.73 Å². The van der Waals surface area contributed by atoms with Gasteiger partial charge in [0.2, 0.25) is 5.13 Å². The number of nitrogens with two attached hydrogens (primary N) is 1. The minimum absolute atomic E-state index is 0.132. The van der Waals surface area contributed by atoms with Crippen LogP contribution in [-0.2, 0) is 12.8 Å². The standard InChI is InChI=1S/C16H24N4S/c1-10(2)7-14-18-19-15(21-14)20-6-5-11-12(17)8-16(3,4)9-13(11)20/h5-6,10,12H,7-9,17H2,1-4H3. The van der Waals surface area contributed by atoms with Gasteiger partial charge in [-0.3, -0.25) is 4.57 Å². The molecule has 21 heavy (non-hydrogen) atoms. The van der Waals surface area contributed by atoms with E-state index in [-0.39, 0.29) is 11.5 Å². The van der Waals surface area contributed by atoms with Gasteiger partial charge in [0.05, 0.1) is 0 Å². The first kappa shape index (κ1) is 14.7. The molecule has 2 heterocycles. The molecule has 0 radical (unpaired) electrons. The summed E-state index contributed by atoms with van der Waals surface area (Å²) in [5, 5.41) is 10.8. The molecule has 0 spiro atoms. The number of fused-ring (bicyclic) bond motifs is 1. The monoisotopic (exact) mass is 304 g/mol. The van der Waals surface area contributed by atoms with Gasteiger partial charge in [-0.2, -0.15) is 0 Å². The van der Waals surface area contributed by atoms with Crippen LogP contribution in [0.2, 0.25) is 0 Å². The molecule has 2 aromatic heterocycles. The molecular weight excluding hydrogens is 280 g/mol. The Bertz CT molecular complexity index is 638. The fourth-order valence-corrected chi connectivity index (χ4v) is 4.25. The quantitative estimate of drug-likeness (QED) is 0.944. The summed E-state index contributed by atoms with van der Waals surface area (Å²) in [6.45, 7) is 9.00. The minimum atomic E-state index is 0.132. The van der Waals surface area contributed by atoms with E-state index in [0.717, 1.165) is 29.4 Å². The second kappa shape index (κ2) is 5.21. The van der Waals surface area contributed by atoms with Crippen LogP contribution in [0, 0.1) is 11.3 Å². The molecule has 0 aliphatic heterocycles. The van der Waals surface area contributed by atoms with Crippen LogP contribution in [0.3, 0.4) is 0 Å². The Morgan fingerprint density at radius 2 is 2.19 bits per heavy atom. The Morgan fingerprint density at radius 3 is 2.90 bits per heavy atom. The lowest BCUT2D eigenvalue weighted by atomic mass is 9.75. The molecule has 1 atom stereocenters. The molecule has 0 bridgehead atoms. The zero-order valence-corrected chi connectivity index (χ0v) is 14.1. The molecule has 0 saturated carbocycles. The van der Waals surface area contributed by atoms with Gasteiger partial charge in [-0.15, -0.1) is 10.2 Å². The molecule has 1 aliphatic rings. The summed E-state index contributed by atoms with van der Waals surface area (Å²) in [6, 6.07) is 2.28. The van der Waals surface area contributed by atoms with Crippen LogP contribution in [-0.4, -0.2) is 14.8 Å². The Labute approximate surface area is 130 Å². The zero-order valence-electron chi connectivity index (χ0n) is 13.3. The summed E-state index contributed by atoms with van der Waals surface area (Å²) in [5.74, 6) is 0.608. The van der Waals surface area contributed by atoms with Crippen molar-refractivity contribution in [2.45, 2.75) is 53.0 Å². The molecule has 2 aromatic rings. The van der Waals surface area contributed by atoms with Crippen molar-refractivity contribution in [2.75, 3.05) is 0 Å². The molecule has 0 aromatic carbocycles. The summed E-state index contributed by atoms with van der Waals surface area (Å²) in [5.41, 5.74) is 9.17. The molecule has 0 fully saturated rings. The number of rotatable bonds is 3. The Kier molecular flexibility index (Phi) is 3.66. The van der Waals surface area contributed by atoms with Crippen LogP contribution in [0.15, 0.2) is 12.3 Å². The van der Waals surface area contributed by atoms with Gasteiger partial charge in [-0.05, 0) is 35.8 Å². The fourth-order valence-electron chi connectivity index (χ4n) is 3.19. The molecule has 0 amide bonds. The molecule has 114 valence electrons. The Morgan fingerprint density at radius 1 is 1.43 bits per heavy atom. The van der Waals surface area contributed by atoms with Crippen LogP contribution in [0.25, 0.3) is 5.13 Å². The van der Waals surface area contributed by atoms with Gasteiger partial charge in [0.15, 0.2) is 0 Å². The molecule has 1 aliphatic carbocycles. The molecule has 0 saturated heterocycles. The van der Waals surface area contributed by atoms with Gasteiger partial charge >= 0.3 is 0 Å². The minimum Gasteiger partial charge on any atom is -0.324 e. The summed E-state index contributed by atoms with van der Waals surface area (Å²) in [4.78, 5) is 0. The maximum absolute atomic E-state index is 6.34. The van der Waals surface area contributed by atoms with Crippen LogP contribution in [0.4, 0.5) is 0 Å². The summed E-state index contributed by atoms with van der Waals surface area (Å²) in [6.07, 6.45) is 5.18. The Balaban J connectivity index is 1.96. The first-order valence-electron chi connectivity index (χ1n) is 7.64. The van der Waals surface area contributed by atoms with E-state index < -0.39 is 0 Å². The normalized spacial score (nSPS) is 20.8. The SMILES string of the molecule is CC(C)Cc1nnc(-n2ccc3c2CC(C)(C)CC3N)s1. The van der Waals surface area contributed by atoms with Crippen molar-refractivity contribution in [3.05, 3.63) is 28.5 Å². The maximum atomic E-state index is 6.34. The highest BCUT2D eigenvalue weighted by atomic mass is 32.1.